The summed E-state index contributed by atoms with van der Waals surface area (Å²) in [6, 6.07) is 0. The number of fused-ring (bicyclic) bond motifs is 1. The molecular formula is C14H23N7. The molecule has 2 aromatic heterocycles. The van der Waals surface area contributed by atoms with E-state index in [2.05, 4.69) is 38.7 Å². The van der Waals surface area contributed by atoms with Gasteiger partial charge in [0.2, 0.25) is 5.95 Å². The van der Waals surface area contributed by atoms with Gasteiger partial charge in [0.1, 0.15) is 5.82 Å². The fourth-order valence-electron chi connectivity index (χ4n) is 2.82. The zero-order valence-electron chi connectivity index (χ0n) is 13.0. The van der Waals surface area contributed by atoms with Crippen molar-refractivity contribution in [3.05, 3.63) is 6.20 Å². The molecule has 0 spiro atoms. The van der Waals surface area contributed by atoms with Crippen molar-refractivity contribution in [2.75, 3.05) is 43.4 Å². The highest BCUT2D eigenvalue weighted by Gasteiger charge is 2.21. The Hall–Kier alpha value is -1.89. The summed E-state index contributed by atoms with van der Waals surface area (Å²) in [5.41, 5.74) is 6.82. The first-order chi connectivity index (χ1) is 10.0. The lowest BCUT2D eigenvalue weighted by atomic mass is 10.2. The Bertz CT molecular complexity index is 626. The minimum Gasteiger partial charge on any atom is -0.383 e. The van der Waals surface area contributed by atoms with Crippen LogP contribution in [-0.4, -0.2) is 57.4 Å². The van der Waals surface area contributed by atoms with Gasteiger partial charge < -0.3 is 10.6 Å². The molecule has 7 nitrogen and oxygen atoms in total. The number of nitrogen functional groups attached to an aromatic ring is 1. The lowest BCUT2D eigenvalue weighted by Gasteiger charge is -2.35. The quantitative estimate of drug-likeness (QED) is 0.897. The van der Waals surface area contributed by atoms with Crippen LogP contribution in [0.2, 0.25) is 0 Å². The highest BCUT2D eigenvalue weighted by Crippen LogP contribution is 2.21. The van der Waals surface area contributed by atoms with Crippen LogP contribution in [0.4, 0.5) is 11.8 Å². The lowest BCUT2D eigenvalue weighted by molar-refractivity contribution is 0.230. The Kier molecular flexibility index (Phi) is 3.67. The molecule has 21 heavy (non-hydrogen) atoms. The monoisotopic (exact) mass is 289 g/mol. The summed E-state index contributed by atoms with van der Waals surface area (Å²) in [5.74, 6) is 1.93. The second-order valence-electron chi connectivity index (χ2n) is 6.10. The summed E-state index contributed by atoms with van der Waals surface area (Å²) >= 11 is 0. The third-order valence-corrected chi connectivity index (χ3v) is 3.89. The molecule has 0 aromatic carbocycles. The van der Waals surface area contributed by atoms with E-state index in [0.29, 0.717) is 17.7 Å². The molecule has 114 valence electrons. The first kappa shape index (κ1) is 14.1. The summed E-state index contributed by atoms with van der Waals surface area (Å²) in [6.45, 7) is 9.64. The van der Waals surface area contributed by atoms with Gasteiger partial charge in [0.15, 0.2) is 5.65 Å². The maximum Gasteiger partial charge on any atom is 0.229 e. The van der Waals surface area contributed by atoms with Crippen LogP contribution in [0.5, 0.6) is 0 Å². The number of rotatable bonds is 3. The van der Waals surface area contributed by atoms with Crippen molar-refractivity contribution in [1.82, 2.24) is 24.6 Å². The van der Waals surface area contributed by atoms with Crippen molar-refractivity contribution in [2.24, 2.45) is 13.0 Å². The molecule has 1 fully saturated rings. The third-order valence-electron chi connectivity index (χ3n) is 3.89. The van der Waals surface area contributed by atoms with E-state index >= 15 is 0 Å². The van der Waals surface area contributed by atoms with Crippen LogP contribution in [0, 0.1) is 5.92 Å². The predicted octanol–water partition coefficient (Wildman–Crippen LogP) is 0.723. The van der Waals surface area contributed by atoms with Gasteiger partial charge in [0, 0.05) is 39.8 Å². The van der Waals surface area contributed by atoms with Crippen LogP contribution in [0.1, 0.15) is 13.8 Å². The molecule has 2 aromatic rings. The smallest absolute Gasteiger partial charge is 0.229 e. The number of aryl methyl sites for hydroxylation is 1. The Balaban J connectivity index is 1.77. The largest absolute Gasteiger partial charge is 0.383 e. The number of anilines is 2. The van der Waals surface area contributed by atoms with Crippen molar-refractivity contribution in [2.45, 2.75) is 13.8 Å². The molecule has 0 unspecified atom stereocenters. The number of piperazine rings is 1. The zero-order chi connectivity index (χ0) is 15.0. The van der Waals surface area contributed by atoms with E-state index in [1.807, 2.05) is 7.05 Å². The van der Waals surface area contributed by atoms with Gasteiger partial charge in [-0.1, -0.05) is 13.8 Å². The van der Waals surface area contributed by atoms with Crippen LogP contribution in [0.25, 0.3) is 11.0 Å². The van der Waals surface area contributed by atoms with Gasteiger partial charge in [-0.3, -0.25) is 9.58 Å². The van der Waals surface area contributed by atoms with Gasteiger partial charge in [0.05, 0.1) is 11.6 Å². The van der Waals surface area contributed by atoms with Crippen LogP contribution < -0.4 is 10.6 Å². The molecule has 3 heterocycles. The van der Waals surface area contributed by atoms with E-state index in [9.17, 15) is 0 Å². The number of aromatic nitrogens is 4. The third kappa shape index (κ3) is 2.78. The molecule has 0 radical (unpaired) electrons. The van der Waals surface area contributed by atoms with Crippen LogP contribution in [0.3, 0.4) is 0 Å². The average molecular weight is 289 g/mol. The molecule has 3 rings (SSSR count). The molecule has 7 heteroatoms. The van der Waals surface area contributed by atoms with E-state index in [4.69, 9.17) is 5.73 Å². The van der Waals surface area contributed by atoms with E-state index < -0.39 is 0 Å². The SMILES string of the molecule is CC(C)CN1CCN(c2nc(N)c3cnn(C)c3n2)CC1. The van der Waals surface area contributed by atoms with E-state index in [1.165, 1.54) is 0 Å². The van der Waals surface area contributed by atoms with Crippen molar-refractivity contribution in [1.29, 1.82) is 0 Å². The van der Waals surface area contributed by atoms with E-state index in [-0.39, 0.29) is 0 Å². The molecule has 0 amide bonds. The number of nitrogens with zero attached hydrogens (tertiary/aromatic N) is 6. The van der Waals surface area contributed by atoms with Crippen molar-refractivity contribution in [3.63, 3.8) is 0 Å². The minimum absolute atomic E-state index is 0.507. The zero-order valence-corrected chi connectivity index (χ0v) is 13.0. The molecule has 0 atom stereocenters. The van der Waals surface area contributed by atoms with Crippen LogP contribution in [-0.2, 0) is 7.05 Å². The summed E-state index contributed by atoms with van der Waals surface area (Å²) in [4.78, 5) is 13.8. The molecule has 1 saturated heterocycles. The number of hydrogen-bond donors (Lipinski definition) is 1. The van der Waals surface area contributed by atoms with E-state index in [0.717, 1.165) is 43.8 Å². The van der Waals surface area contributed by atoms with Gasteiger partial charge in [-0.2, -0.15) is 15.1 Å². The van der Waals surface area contributed by atoms with Crippen molar-refractivity contribution in [3.8, 4) is 0 Å². The molecule has 1 aliphatic rings. The molecule has 0 saturated carbocycles. The maximum atomic E-state index is 6.03. The average Bonchev–Trinajstić information content (AvgIpc) is 2.81. The summed E-state index contributed by atoms with van der Waals surface area (Å²) < 4.78 is 1.74. The topological polar surface area (TPSA) is 76.1 Å². The normalized spacial score (nSPS) is 17.0. The van der Waals surface area contributed by atoms with Gasteiger partial charge in [-0.05, 0) is 5.92 Å². The Labute approximate surface area is 124 Å². The fraction of sp³-hybridized carbons (Fsp3) is 0.643. The maximum absolute atomic E-state index is 6.03. The molecular weight excluding hydrogens is 266 g/mol. The van der Waals surface area contributed by atoms with Gasteiger partial charge in [0.25, 0.3) is 0 Å². The molecule has 0 aliphatic carbocycles. The van der Waals surface area contributed by atoms with Crippen LogP contribution in [0.15, 0.2) is 6.20 Å². The molecule has 2 N–H and O–H groups in total. The highest BCUT2D eigenvalue weighted by atomic mass is 15.3. The van der Waals surface area contributed by atoms with Gasteiger partial charge in [-0.25, -0.2) is 0 Å². The first-order valence-corrected chi connectivity index (χ1v) is 7.47. The second-order valence-corrected chi connectivity index (χ2v) is 6.10. The second kappa shape index (κ2) is 5.48. The predicted molar refractivity (Wildman–Crippen MR) is 84.2 cm³/mol. The Morgan fingerprint density at radius 1 is 1.19 bits per heavy atom. The van der Waals surface area contributed by atoms with E-state index in [1.54, 1.807) is 10.9 Å². The number of hydrogen-bond acceptors (Lipinski definition) is 6. The highest BCUT2D eigenvalue weighted by molar-refractivity contribution is 5.86. The standard InChI is InChI=1S/C14H23N7/c1-10(2)9-20-4-6-21(7-5-20)14-17-12(15)11-8-16-19(3)13(11)18-14/h8,10H,4-7,9H2,1-3H3,(H2,15,17,18). The van der Waals surface area contributed by atoms with Gasteiger partial charge in [-0.15, -0.1) is 0 Å². The lowest BCUT2D eigenvalue weighted by Crippen LogP contribution is -2.48. The summed E-state index contributed by atoms with van der Waals surface area (Å²) in [6.07, 6.45) is 1.72. The number of nitrogens with two attached hydrogens (primary N) is 1. The van der Waals surface area contributed by atoms with Crippen LogP contribution >= 0.6 is 0 Å². The summed E-state index contributed by atoms with van der Waals surface area (Å²) in [5, 5.41) is 5.01. The fourth-order valence-corrected chi connectivity index (χ4v) is 2.82. The summed E-state index contributed by atoms with van der Waals surface area (Å²) in [7, 11) is 1.87. The van der Waals surface area contributed by atoms with Crippen molar-refractivity contribution < 1.29 is 0 Å². The Morgan fingerprint density at radius 2 is 1.90 bits per heavy atom. The molecule has 0 bridgehead atoms. The first-order valence-electron chi connectivity index (χ1n) is 7.47. The Morgan fingerprint density at radius 3 is 2.57 bits per heavy atom. The van der Waals surface area contributed by atoms with Gasteiger partial charge >= 0.3 is 0 Å². The molecule has 1 aliphatic heterocycles. The van der Waals surface area contributed by atoms with Crippen molar-refractivity contribution >= 4 is 22.8 Å². The minimum atomic E-state index is 0.507.